The van der Waals surface area contributed by atoms with E-state index >= 15 is 0 Å². The van der Waals surface area contributed by atoms with Crippen LogP contribution in [-0.2, 0) is 11.4 Å². The summed E-state index contributed by atoms with van der Waals surface area (Å²) in [6, 6.07) is 8.90. The normalized spacial score (nSPS) is 11.9. The van der Waals surface area contributed by atoms with Crippen LogP contribution in [0.1, 0.15) is 42.4 Å². The van der Waals surface area contributed by atoms with Gasteiger partial charge in [0.1, 0.15) is 29.9 Å². The predicted molar refractivity (Wildman–Crippen MR) is 135 cm³/mol. The van der Waals surface area contributed by atoms with Crippen molar-refractivity contribution in [2.45, 2.75) is 40.3 Å². The minimum Gasteiger partial charge on any atom is -0.490 e. The largest absolute Gasteiger partial charge is 0.490 e. The van der Waals surface area contributed by atoms with Crippen LogP contribution >= 0.6 is 15.9 Å². The van der Waals surface area contributed by atoms with Crippen molar-refractivity contribution in [2.75, 3.05) is 6.61 Å². The van der Waals surface area contributed by atoms with E-state index in [1.54, 1.807) is 37.3 Å². The van der Waals surface area contributed by atoms with Crippen LogP contribution < -0.4 is 14.9 Å². The van der Waals surface area contributed by atoms with Crippen molar-refractivity contribution in [3.05, 3.63) is 79.3 Å². The Morgan fingerprint density at radius 2 is 2.06 bits per heavy atom. The summed E-state index contributed by atoms with van der Waals surface area (Å²) in [5.41, 5.74) is 3.81. The second-order valence-corrected chi connectivity index (χ2v) is 8.63. The number of hydrogen-bond donors (Lipinski definition) is 1. The molecule has 0 saturated carbocycles. The van der Waals surface area contributed by atoms with Crippen molar-refractivity contribution in [1.82, 2.24) is 15.2 Å². The lowest BCUT2D eigenvalue weighted by Crippen LogP contribution is -2.28. The van der Waals surface area contributed by atoms with Gasteiger partial charge in [-0.25, -0.2) is 9.82 Å². The fourth-order valence-electron chi connectivity index (χ4n) is 3.50. The number of aromatic nitrogens is 2. The van der Waals surface area contributed by atoms with Gasteiger partial charge in [0.15, 0.2) is 11.5 Å². The lowest BCUT2D eigenvalue weighted by Gasteiger charge is -2.15. The third-order valence-electron chi connectivity index (χ3n) is 5.27. The van der Waals surface area contributed by atoms with Crippen LogP contribution in [0.25, 0.3) is 0 Å². The number of nitrogens with zero attached hydrogens (tertiary/aromatic N) is 4. The fourth-order valence-corrected chi connectivity index (χ4v) is 4.08. The summed E-state index contributed by atoms with van der Waals surface area (Å²) < 4.78 is 27.3. The molecule has 0 spiro atoms. The van der Waals surface area contributed by atoms with Gasteiger partial charge in [0.05, 0.1) is 22.2 Å². The van der Waals surface area contributed by atoms with Gasteiger partial charge >= 0.3 is 5.69 Å². The number of benzene rings is 2. The van der Waals surface area contributed by atoms with Gasteiger partial charge in [-0.3, -0.25) is 19.6 Å². The number of halogens is 2. The summed E-state index contributed by atoms with van der Waals surface area (Å²) in [5.74, 6) is -0.0450. The molecule has 190 valence electrons. The minimum absolute atomic E-state index is 0.0111. The molecule has 36 heavy (non-hydrogen) atoms. The van der Waals surface area contributed by atoms with E-state index in [1.807, 2.05) is 6.92 Å². The van der Waals surface area contributed by atoms with E-state index in [2.05, 4.69) is 31.6 Å². The SMILES string of the molecule is CCOc1cc(/C=N/NC(=O)C(C)n2nc(C)c([N+](=O)[O-])c2C)cc(Br)c1OCc1ccccc1F. The second kappa shape index (κ2) is 11.8. The predicted octanol–water partition coefficient (Wildman–Crippen LogP) is 5.00. The first-order chi connectivity index (χ1) is 17.1. The monoisotopic (exact) mass is 561 g/mol. The Bertz CT molecular complexity index is 1310. The maximum atomic E-state index is 13.9. The van der Waals surface area contributed by atoms with Crippen LogP contribution in [0.3, 0.4) is 0 Å². The molecule has 0 fully saturated rings. The van der Waals surface area contributed by atoms with Crippen molar-refractivity contribution in [3.63, 3.8) is 0 Å². The van der Waals surface area contributed by atoms with Crippen LogP contribution in [0, 0.1) is 29.8 Å². The molecule has 12 heteroatoms. The number of rotatable bonds is 10. The van der Waals surface area contributed by atoms with Gasteiger partial charge in [-0.05, 0) is 67.4 Å². The summed E-state index contributed by atoms with van der Waals surface area (Å²) in [6.45, 7) is 6.82. The Kier molecular flexibility index (Phi) is 8.75. The highest BCUT2D eigenvalue weighted by Gasteiger charge is 2.27. The zero-order valence-corrected chi connectivity index (χ0v) is 21.7. The maximum Gasteiger partial charge on any atom is 0.312 e. The van der Waals surface area contributed by atoms with Crippen LogP contribution in [0.2, 0.25) is 0 Å². The molecule has 1 amide bonds. The average Bonchev–Trinajstić information content (AvgIpc) is 3.13. The molecule has 1 heterocycles. The number of nitro groups is 1. The first-order valence-electron chi connectivity index (χ1n) is 11.0. The molecule has 1 unspecified atom stereocenters. The smallest absolute Gasteiger partial charge is 0.312 e. The van der Waals surface area contributed by atoms with Crippen LogP contribution in [0.15, 0.2) is 46.0 Å². The first kappa shape index (κ1) is 26.8. The molecular weight excluding hydrogens is 537 g/mol. The number of carbonyl (C=O) groups excluding carboxylic acids is 1. The van der Waals surface area contributed by atoms with E-state index in [0.717, 1.165) is 0 Å². The second-order valence-electron chi connectivity index (χ2n) is 7.77. The zero-order chi connectivity index (χ0) is 26.4. The fraction of sp³-hybridized carbons (Fsp3) is 0.292. The molecule has 0 aliphatic carbocycles. The van der Waals surface area contributed by atoms with Gasteiger partial charge in [0.25, 0.3) is 5.91 Å². The summed E-state index contributed by atoms with van der Waals surface area (Å²) >= 11 is 3.45. The molecule has 1 aromatic heterocycles. The van der Waals surface area contributed by atoms with Crippen molar-refractivity contribution in [2.24, 2.45) is 5.10 Å². The number of carbonyl (C=O) groups is 1. The van der Waals surface area contributed by atoms with Gasteiger partial charge in [-0.15, -0.1) is 0 Å². The van der Waals surface area contributed by atoms with Gasteiger partial charge in [-0.2, -0.15) is 10.2 Å². The number of ether oxygens (including phenoxy) is 2. The van der Waals surface area contributed by atoms with Crippen LogP contribution in [0.4, 0.5) is 10.1 Å². The molecular formula is C24H25BrFN5O5. The quantitative estimate of drug-likeness (QED) is 0.211. The molecule has 0 aliphatic rings. The van der Waals surface area contributed by atoms with Crippen molar-refractivity contribution < 1.29 is 23.6 Å². The molecule has 0 bridgehead atoms. The third-order valence-corrected chi connectivity index (χ3v) is 5.85. The zero-order valence-electron chi connectivity index (χ0n) is 20.1. The molecule has 10 nitrogen and oxygen atoms in total. The van der Waals surface area contributed by atoms with E-state index in [-0.39, 0.29) is 29.5 Å². The van der Waals surface area contributed by atoms with E-state index in [1.165, 1.54) is 30.8 Å². The summed E-state index contributed by atoms with van der Waals surface area (Å²) in [6.07, 6.45) is 1.42. The average molecular weight is 562 g/mol. The molecule has 1 N–H and O–H groups in total. The van der Waals surface area contributed by atoms with Crippen LogP contribution in [0.5, 0.6) is 11.5 Å². The van der Waals surface area contributed by atoms with Crippen molar-refractivity contribution in [1.29, 1.82) is 0 Å². The van der Waals surface area contributed by atoms with Crippen molar-refractivity contribution in [3.8, 4) is 11.5 Å². The minimum atomic E-state index is -0.825. The maximum absolute atomic E-state index is 13.9. The van der Waals surface area contributed by atoms with E-state index in [9.17, 15) is 19.3 Å². The van der Waals surface area contributed by atoms with Crippen LogP contribution in [-0.4, -0.2) is 33.4 Å². The van der Waals surface area contributed by atoms with Gasteiger partial charge in [0.2, 0.25) is 0 Å². The van der Waals surface area contributed by atoms with E-state index in [4.69, 9.17) is 9.47 Å². The summed E-state index contributed by atoms with van der Waals surface area (Å²) in [4.78, 5) is 23.3. The lowest BCUT2D eigenvalue weighted by molar-refractivity contribution is -0.386. The van der Waals surface area contributed by atoms with Gasteiger partial charge in [0, 0.05) is 5.56 Å². The molecule has 0 saturated heterocycles. The third kappa shape index (κ3) is 6.06. The highest BCUT2D eigenvalue weighted by atomic mass is 79.9. The Balaban J connectivity index is 1.73. The van der Waals surface area contributed by atoms with Gasteiger partial charge in [-0.1, -0.05) is 18.2 Å². The number of aryl methyl sites for hydroxylation is 1. The summed E-state index contributed by atoms with van der Waals surface area (Å²) in [7, 11) is 0. The lowest BCUT2D eigenvalue weighted by atomic mass is 10.2. The van der Waals surface area contributed by atoms with Gasteiger partial charge < -0.3 is 9.47 Å². The highest BCUT2D eigenvalue weighted by molar-refractivity contribution is 9.10. The number of nitrogens with one attached hydrogen (secondary N) is 1. The topological polar surface area (TPSA) is 121 Å². The standard InChI is InChI=1S/C24H25BrFN5O5/c1-5-35-21-11-17(10-19(25)23(21)36-13-18-8-6-7-9-20(18)26)12-27-28-24(32)16(4)30-15(3)22(31(33)34)14(2)29-30/h6-12,16H,5,13H2,1-4H3,(H,28,32)/b27-12+. The first-order valence-corrected chi connectivity index (χ1v) is 11.8. The molecule has 3 aromatic rings. The van der Waals surface area contributed by atoms with Crippen molar-refractivity contribution >= 4 is 33.7 Å². The molecule has 3 rings (SSSR count). The van der Waals surface area contributed by atoms with E-state index < -0.39 is 16.9 Å². The Morgan fingerprint density at radius 1 is 1.33 bits per heavy atom. The molecule has 0 aliphatic heterocycles. The highest BCUT2D eigenvalue weighted by Crippen LogP contribution is 2.37. The van der Waals surface area contributed by atoms with E-state index in [0.29, 0.717) is 33.7 Å². The Morgan fingerprint density at radius 3 is 2.69 bits per heavy atom. The summed E-state index contributed by atoms with van der Waals surface area (Å²) in [5, 5.41) is 19.3. The molecule has 2 aromatic carbocycles. The molecule has 0 radical (unpaired) electrons. The number of amides is 1. The Hall–Kier alpha value is -3.80. The number of hydrogen-bond acceptors (Lipinski definition) is 7. The Labute approximate surface area is 215 Å². The molecule has 1 atom stereocenters. The number of hydrazone groups is 1.